The van der Waals surface area contributed by atoms with Crippen molar-refractivity contribution < 1.29 is 9.53 Å². The van der Waals surface area contributed by atoms with Gasteiger partial charge in [-0.2, -0.15) is 5.10 Å². The molecule has 2 aromatic heterocycles. The summed E-state index contributed by atoms with van der Waals surface area (Å²) in [5.74, 6) is 0.847. The number of hydrogen-bond acceptors (Lipinski definition) is 4. The van der Waals surface area contributed by atoms with Crippen molar-refractivity contribution >= 4 is 16.8 Å². The Kier molecular flexibility index (Phi) is 2.62. The molecular formula is C12H14N4O2. The number of ether oxygens (including phenoxy) is 1. The van der Waals surface area contributed by atoms with Crippen molar-refractivity contribution in [1.82, 2.24) is 20.5 Å². The third-order valence-corrected chi connectivity index (χ3v) is 3.29. The van der Waals surface area contributed by atoms with Crippen LogP contribution in [0, 0.1) is 5.92 Å². The SMILES string of the molecule is C[C@@H](Oc1nccc2n[nH]cc12)[C@H]1CNC(=O)C1. The van der Waals surface area contributed by atoms with Crippen molar-refractivity contribution in [3.8, 4) is 5.88 Å². The van der Waals surface area contributed by atoms with Gasteiger partial charge >= 0.3 is 0 Å². The first-order valence-corrected chi connectivity index (χ1v) is 5.96. The van der Waals surface area contributed by atoms with Crippen LogP contribution in [0.5, 0.6) is 5.88 Å². The van der Waals surface area contributed by atoms with E-state index in [1.54, 1.807) is 12.4 Å². The predicted octanol–water partition coefficient (Wildman–Crippen LogP) is 0.861. The number of pyridine rings is 1. The van der Waals surface area contributed by atoms with Gasteiger partial charge in [-0.25, -0.2) is 4.98 Å². The number of carbonyl (C=O) groups is 1. The molecule has 1 aliphatic rings. The third-order valence-electron chi connectivity index (χ3n) is 3.29. The molecule has 0 unspecified atom stereocenters. The highest BCUT2D eigenvalue weighted by molar-refractivity contribution is 5.82. The van der Waals surface area contributed by atoms with E-state index < -0.39 is 0 Å². The number of carbonyl (C=O) groups excluding carboxylic acids is 1. The number of rotatable bonds is 3. The van der Waals surface area contributed by atoms with E-state index in [-0.39, 0.29) is 17.9 Å². The number of fused-ring (bicyclic) bond motifs is 1. The summed E-state index contributed by atoms with van der Waals surface area (Å²) in [6.07, 6.45) is 3.89. The number of amides is 1. The van der Waals surface area contributed by atoms with Crippen LogP contribution in [0.25, 0.3) is 10.9 Å². The standard InChI is InChI=1S/C12H14N4O2/c1-7(8-4-11(17)14-5-8)18-12-9-6-15-16-10(9)2-3-13-12/h2-3,6-8H,4-5H2,1H3,(H,14,17)(H,15,16)/t7-,8-/m1/s1. The van der Waals surface area contributed by atoms with Crippen LogP contribution in [-0.4, -0.2) is 33.7 Å². The molecule has 0 aliphatic carbocycles. The summed E-state index contributed by atoms with van der Waals surface area (Å²) in [6, 6.07) is 1.82. The summed E-state index contributed by atoms with van der Waals surface area (Å²) in [5, 5.41) is 10.5. The highest BCUT2D eigenvalue weighted by Gasteiger charge is 2.28. The summed E-state index contributed by atoms with van der Waals surface area (Å²) in [7, 11) is 0. The second-order valence-electron chi connectivity index (χ2n) is 4.53. The van der Waals surface area contributed by atoms with Gasteiger partial charge in [0.25, 0.3) is 0 Å². The minimum Gasteiger partial charge on any atom is -0.474 e. The van der Waals surface area contributed by atoms with E-state index in [1.165, 1.54) is 0 Å². The van der Waals surface area contributed by atoms with Crippen LogP contribution in [0.3, 0.4) is 0 Å². The molecular weight excluding hydrogens is 232 g/mol. The normalized spacial score (nSPS) is 20.9. The van der Waals surface area contributed by atoms with Crippen LogP contribution in [0.4, 0.5) is 0 Å². The fourth-order valence-electron chi connectivity index (χ4n) is 2.17. The van der Waals surface area contributed by atoms with Crippen LogP contribution in [0.1, 0.15) is 13.3 Å². The average Bonchev–Trinajstić information content (AvgIpc) is 2.97. The van der Waals surface area contributed by atoms with Gasteiger partial charge in [0.2, 0.25) is 11.8 Å². The van der Waals surface area contributed by atoms with Crippen molar-refractivity contribution in [2.24, 2.45) is 5.92 Å². The molecule has 1 saturated heterocycles. The zero-order chi connectivity index (χ0) is 12.5. The van der Waals surface area contributed by atoms with Crippen LogP contribution < -0.4 is 10.1 Å². The molecule has 18 heavy (non-hydrogen) atoms. The van der Waals surface area contributed by atoms with E-state index in [9.17, 15) is 4.79 Å². The number of hydrogen-bond donors (Lipinski definition) is 2. The average molecular weight is 246 g/mol. The second kappa shape index (κ2) is 4.29. The largest absolute Gasteiger partial charge is 0.474 e. The van der Waals surface area contributed by atoms with Crippen molar-refractivity contribution in [1.29, 1.82) is 0 Å². The number of H-pyrrole nitrogens is 1. The van der Waals surface area contributed by atoms with Gasteiger partial charge in [-0.05, 0) is 13.0 Å². The van der Waals surface area contributed by atoms with Crippen molar-refractivity contribution in [2.45, 2.75) is 19.4 Å². The summed E-state index contributed by atoms with van der Waals surface area (Å²) in [5.41, 5.74) is 0.827. The number of nitrogens with one attached hydrogen (secondary N) is 2. The summed E-state index contributed by atoms with van der Waals surface area (Å²) in [4.78, 5) is 15.4. The molecule has 1 fully saturated rings. The monoisotopic (exact) mass is 246 g/mol. The number of nitrogens with zero attached hydrogens (tertiary/aromatic N) is 2. The smallest absolute Gasteiger partial charge is 0.224 e. The van der Waals surface area contributed by atoms with Crippen LogP contribution in [0.15, 0.2) is 18.5 Å². The first-order chi connectivity index (χ1) is 8.74. The summed E-state index contributed by atoms with van der Waals surface area (Å²) < 4.78 is 5.85. The van der Waals surface area contributed by atoms with Gasteiger partial charge in [-0.3, -0.25) is 9.89 Å². The number of aromatic amines is 1. The van der Waals surface area contributed by atoms with Crippen molar-refractivity contribution in [3.63, 3.8) is 0 Å². The molecule has 2 N–H and O–H groups in total. The Balaban J connectivity index is 1.79. The highest BCUT2D eigenvalue weighted by Crippen LogP contribution is 2.24. The van der Waals surface area contributed by atoms with E-state index in [0.717, 1.165) is 10.9 Å². The van der Waals surface area contributed by atoms with Crippen molar-refractivity contribution in [2.75, 3.05) is 6.54 Å². The minimum atomic E-state index is -0.0584. The zero-order valence-electron chi connectivity index (χ0n) is 10.0. The van der Waals surface area contributed by atoms with Crippen LogP contribution in [0.2, 0.25) is 0 Å². The van der Waals surface area contributed by atoms with Gasteiger partial charge in [0.15, 0.2) is 0 Å². The first-order valence-electron chi connectivity index (χ1n) is 5.96. The van der Waals surface area contributed by atoms with Gasteiger partial charge in [-0.1, -0.05) is 0 Å². The predicted molar refractivity (Wildman–Crippen MR) is 65.1 cm³/mol. The lowest BCUT2D eigenvalue weighted by atomic mass is 10.0. The molecule has 6 nitrogen and oxygen atoms in total. The molecule has 0 saturated carbocycles. The van der Waals surface area contributed by atoms with E-state index in [0.29, 0.717) is 18.8 Å². The Morgan fingerprint density at radius 3 is 3.22 bits per heavy atom. The Labute approximate surface area is 104 Å². The molecule has 3 heterocycles. The second-order valence-corrected chi connectivity index (χ2v) is 4.53. The van der Waals surface area contributed by atoms with Gasteiger partial charge < -0.3 is 10.1 Å². The van der Waals surface area contributed by atoms with E-state index in [4.69, 9.17) is 4.74 Å². The molecule has 6 heteroatoms. The quantitative estimate of drug-likeness (QED) is 0.841. The van der Waals surface area contributed by atoms with E-state index in [2.05, 4.69) is 20.5 Å². The summed E-state index contributed by atoms with van der Waals surface area (Å²) in [6.45, 7) is 2.63. The Morgan fingerprint density at radius 1 is 1.56 bits per heavy atom. The first kappa shape index (κ1) is 11.0. The third kappa shape index (κ3) is 1.90. The maximum Gasteiger partial charge on any atom is 0.224 e. The molecule has 0 bridgehead atoms. The van der Waals surface area contributed by atoms with Crippen LogP contribution >= 0.6 is 0 Å². The van der Waals surface area contributed by atoms with Gasteiger partial charge in [0, 0.05) is 31.3 Å². The van der Waals surface area contributed by atoms with Crippen molar-refractivity contribution in [3.05, 3.63) is 18.5 Å². The molecule has 3 rings (SSSR count). The Hall–Kier alpha value is -2.11. The fraction of sp³-hybridized carbons (Fsp3) is 0.417. The number of aromatic nitrogens is 3. The molecule has 0 radical (unpaired) electrons. The van der Waals surface area contributed by atoms with E-state index >= 15 is 0 Å². The lowest BCUT2D eigenvalue weighted by Gasteiger charge is -2.18. The van der Waals surface area contributed by atoms with E-state index in [1.807, 2.05) is 13.0 Å². The van der Waals surface area contributed by atoms with Crippen LogP contribution in [-0.2, 0) is 4.79 Å². The lowest BCUT2D eigenvalue weighted by molar-refractivity contribution is -0.119. The van der Waals surface area contributed by atoms with Gasteiger partial charge in [0.1, 0.15) is 6.10 Å². The molecule has 2 aromatic rings. The molecule has 2 atom stereocenters. The maximum absolute atomic E-state index is 11.2. The zero-order valence-corrected chi connectivity index (χ0v) is 10.0. The molecule has 1 aliphatic heterocycles. The molecule has 0 aromatic carbocycles. The fourth-order valence-corrected chi connectivity index (χ4v) is 2.17. The Bertz CT molecular complexity index is 580. The lowest BCUT2D eigenvalue weighted by Crippen LogP contribution is -2.26. The highest BCUT2D eigenvalue weighted by atomic mass is 16.5. The Morgan fingerprint density at radius 2 is 2.44 bits per heavy atom. The minimum absolute atomic E-state index is 0.0584. The molecule has 0 spiro atoms. The molecule has 1 amide bonds. The van der Waals surface area contributed by atoms with Gasteiger partial charge in [-0.15, -0.1) is 0 Å². The molecule has 94 valence electrons. The maximum atomic E-state index is 11.2. The topological polar surface area (TPSA) is 79.9 Å². The summed E-state index contributed by atoms with van der Waals surface area (Å²) >= 11 is 0. The van der Waals surface area contributed by atoms with Gasteiger partial charge in [0.05, 0.1) is 10.9 Å².